The first-order valence-electron chi connectivity index (χ1n) is 6.72. The fraction of sp³-hybridized carbons (Fsp3) is 0.533. The van der Waals surface area contributed by atoms with Crippen molar-refractivity contribution in [3.05, 3.63) is 35.4 Å². The summed E-state index contributed by atoms with van der Waals surface area (Å²) in [4.78, 5) is 13.0. The quantitative estimate of drug-likeness (QED) is 0.714. The van der Waals surface area contributed by atoms with Gasteiger partial charge in [0.05, 0.1) is 19.1 Å². The lowest BCUT2D eigenvalue weighted by Gasteiger charge is -2.21. The van der Waals surface area contributed by atoms with Crippen molar-refractivity contribution in [1.29, 1.82) is 0 Å². The van der Waals surface area contributed by atoms with Crippen LogP contribution in [0.4, 0.5) is 0 Å². The van der Waals surface area contributed by atoms with Gasteiger partial charge in [-0.3, -0.25) is 9.69 Å². The summed E-state index contributed by atoms with van der Waals surface area (Å²) in [5, 5.41) is 18.0. The van der Waals surface area contributed by atoms with Crippen molar-refractivity contribution in [3.8, 4) is 0 Å². The normalized spacial score (nSPS) is 12.6. The van der Waals surface area contributed by atoms with Crippen LogP contribution in [0.25, 0.3) is 0 Å². The average molecular weight is 281 g/mol. The molecule has 0 aromatic heterocycles. The van der Waals surface area contributed by atoms with Crippen LogP contribution in [0.1, 0.15) is 24.0 Å². The van der Waals surface area contributed by atoms with E-state index >= 15 is 0 Å². The second-order valence-corrected chi connectivity index (χ2v) is 4.79. The first kappa shape index (κ1) is 16.6. The fourth-order valence-electron chi connectivity index (χ4n) is 1.94. The Morgan fingerprint density at radius 2 is 1.95 bits per heavy atom. The lowest BCUT2D eigenvalue weighted by molar-refractivity contribution is -0.138. The number of carboxylic acid groups (broad SMARTS) is 1. The second kappa shape index (κ2) is 8.68. The summed E-state index contributed by atoms with van der Waals surface area (Å²) in [6.07, 6.45) is 0. The Balaban J connectivity index is 2.64. The summed E-state index contributed by atoms with van der Waals surface area (Å²) >= 11 is 0. The van der Waals surface area contributed by atoms with E-state index in [2.05, 4.69) is 4.90 Å². The van der Waals surface area contributed by atoms with Crippen LogP contribution >= 0.6 is 0 Å². The minimum atomic E-state index is -0.820. The van der Waals surface area contributed by atoms with Crippen LogP contribution in [0.15, 0.2) is 24.3 Å². The maximum Gasteiger partial charge on any atom is 0.310 e. The summed E-state index contributed by atoms with van der Waals surface area (Å²) in [5.74, 6) is -1.31. The van der Waals surface area contributed by atoms with Crippen LogP contribution in [0.5, 0.6) is 0 Å². The van der Waals surface area contributed by atoms with Crippen LogP contribution in [0, 0.1) is 0 Å². The summed E-state index contributed by atoms with van der Waals surface area (Å²) in [5.41, 5.74) is 1.89. The van der Waals surface area contributed by atoms with E-state index in [1.807, 2.05) is 24.3 Å². The monoisotopic (exact) mass is 281 g/mol. The van der Waals surface area contributed by atoms with Gasteiger partial charge in [0.2, 0.25) is 0 Å². The number of rotatable bonds is 9. The topological polar surface area (TPSA) is 70.0 Å². The van der Waals surface area contributed by atoms with Gasteiger partial charge in [-0.1, -0.05) is 24.3 Å². The van der Waals surface area contributed by atoms with Gasteiger partial charge in [-0.15, -0.1) is 0 Å². The molecule has 1 rings (SSSR count). The van der Waals surface area contributed by atoms with E-state index in [0.29, 0.717) is 19.7 Å². The van der Waals surface area contributed by atoms with Gasteiger partial charge in [0.1, 0.15) is 0 Å². The maximum atomic E-state index is 10.9. The number of hydrogen-bond donors (Lipinski definition) is 2. The Morgan fingerprint density at radius 1 is 1.30 bits per heavy atom. The molecule has 0 saturated heterocycles. The summed E-state index contributed by atoms with van der Waals surface area (Å²) in [6, 6.07) is 7.57. The second-order valence-electron chi connectivity index (χ2n) is 4.79. The van der Waals surface area contributed by atoms with Gasteiger partial charge in [0, 0.05) is 26.7 Å². The number of aliphatic hydroxyl groups is 1. The van der Waals surface area contributed by atoms with Crippen LogP contribution in [0.2, 0.25) is 0 Å². The first-order valence-corrected chi connectivity index (χ1v) is 6.72. The number of methoxy groups -OCH3 is 1. The number of ether oxygens (including phenoxy) is 1. The molecule has 5 nitrogen and oxygen atoms in total. The Labute approximate surface area is 119 Å². The number of carbonyl (C=O) groups is 1. The van der Waals surface area contributed by atoms with Crippen LogP contribution in [-0.2, 0) is 16.1 Å². The molecule has 0 radical (unpaired) electrons. The molecular formula is C15H23NO4. The molecule has 0 amide bonds. The number of carboxylic acids is 1. The molecule has 0 heterocycles. The van der Waals surface area contributed by atoms with Crippen molar-refractivity contribution in [3.63, 3.8) is 0 Å². The Bertz CT molecular complexity index is 405. The Hall–Kier alpha value is -1.43. The molecule has 0 fully saturated rings. The van der Waals surface area contributed by atoms with Crippen molar-refractivity contribution in [2.75, 3.05) is 33.4 Å². The van der Waals surface area contributed by atoms with E-state index in [9.17, 15) is 4.79 Å². The molecule has 0 saturated carbocycles. The van der Waals surface area contributed by atoms with E-state index in [1.54, 1.807) is 14.0 Å². The maximum absolute atomic E-state index is 10.9. The number of aliphatic carboxylic acids is 1. The zero-order valence-corrected chi connectivity index (χ0v) is 12.1. The predicted molar refractivity (Wildman–Crippen MR) is 76.7 cm³/mol. The SMILES string of the molecule is COCCN(CCO)Cc1ccc(C(C)C(=O)O)cc1. The largest absolute Gasteiger partial charge is 0.481 e. The first-order chi connectivity index (χ1) is 9.58. The van der Waals surface area contributed by atoms with Crippen LogP contribution < -0.4 is 0 Å². The van der Waals surface area contributed by atoms with Crippen molar-refractivity contribution in [2.24, 2.45) is 0 Å². The fourth-order valence-corrected chi connectivity index (χ4v) is 1.94. The summed E-state index contributed by atoms with van der Waals surface area (Å²) in [6.45, 7) is 4.46. The van der Waals surface area contributed by atoms with Crippen molar-refractivity contribution >= 4 is 5.97 Å². The van der Waals surface area contributed by atoms with Crippen molar-refractivity contribution < 1.29 is 19.7 Å². The average Bonchev–Trinajstić information content (AvgIpc) is 2.45. The van der Waals surface area contributed by atoms with Gasteiger partial charge in [-0.05, 0) is 18.1 Å². The molecule has 112 valence electrons. The van der Waals surface area contributed by atoms with Crippen LogP contribution in [-0.4, -0.2) is 54.5 Å². The standard InChI is InChI=1S/C15H23NO4/c1-12(15(18)19)14-5-3-13(4-6-14)11-16(7-9-17)8-10-20-2/h3-6,12,17H,7-11H2,1-2H3,(H,18,19). The van der Waals surface area contributed by atoms with E-state index in [0.717, 1.165) is 17.7 Å². The van der Waals surface area contributed by atoms with E-state index in [1.165, 1.54) is 0 Å². The molecule has 0 aliphatic heterocycles. The molecule has 1 unspecified atom stereocenters. The van der Waals surface area contributed by atoms with E-state index in [4.69, 9.17) is 14.9 Å². The van der Waals surface area contributed by atoms with Crippen molar-refractivity contribution in [1.82, 2.24) is 4.90 Å². The molecule has 0 spiro atoms. The smallest absolute Gasteiger partial charge is 0.310 e. The lowest BCUT2D eigenvalue weighted by atomic mass is 10.00. The molecule has 0 aliphatic carbocycles. The highest BCUT2D eigenvalue weighted by Gasteiger charge is 2.13. The number of hydrogen-bond acceptors (Lipinski definition) is 4. The Kier molecular flexibility index (Phi) is 7.22. The third-order valence-corrected chi connectivity index (χ3v) is 3.28. The summed E-state index contributed by atoms with van der Waals surface area (Å²) in [7, 11) is 1.65. The zero-order valence-electron chi connectivity index (χ0n) is 12.1. The summed E-state index contributed by atoms with van der Waals surface area (Å²) < 4.78 is 5.04. The molecule has 2 N–H and O–H groups in total. The highest BCUT2D eigenvalue weighted by atomic mass is 16.5. The highest BCUT2D eigenvalue weighted by molar-refractivity contribution is 5.75. The van der Waals surface area contributed by atoms with Crippen LogP contribution in [0.3, 0.4) is 0 Å². The lowest BCUT2D eigenvalue weighted by Crippen LogP contribution is -2.29. The predicted octanol–water partition coefficient (Wildman–Crippen LogP) is 1.32. The zero-order chi connectivity index (χ0) is 15.0. The number of aliphatic hydroxyl groups excluding tert-OH is 1. The van der Waals surface area contributed by atoms with E-state index < -0.39 is 11.9 Å². The number of benzene rings is 1. The van der Waals surface area contributed by atoms with Gasteiger partial charge in [-0.2, -0.15) is 0 Å². The highest BCUT2D eigenvalue weighted by Crippen LogP contribution is 2.16. The van der Waals surface area contributed by atoms with E-state index in [-0.39, 0.29) is 6.61 Å². The van der Waals surface area contributed by atoms with Crippen molar-refractivity contribution in [2.45, 2.75) is 19.4 Å². The number of nitrogens with zero attached hydrogens (tertiary/aromatic N) is 1. The molecule has 1 aromatic rings. The van der Waals surface area contributed by atoms with Gasteiger partial charge < -0.3 is 14.9 Å². The Morgan fingerprint density at radius 3 is 2.45 bits per heavy atom. The molecule has 0 aliphatic rings. The minimum absolute atomic E-state index is 0.109. The van der Waals surface area contributed by atoms with Gasteiger partial charge in [-0.25, -0.2) is 0 Å². The molecule has 1 atom stereocenters. The van der Waals surface area contributed by atoms with Gasteiger partial charge in [0.15, 0.2) is 0 Å². The third-order valence-electron chi connectivity index (χ3n) is 3.28. The minimum Gasteiger partial charge on any atom is -0.481 e. The molecule has 1 aromatic carbocycles. The molecule has 20 heavy (non-hydrogen) atoms. The molecular weight excluding hydrogens is 258 g/mol. The molecule has 5 heteroatoms. The third kappa shape index (κ3) is 5.28. The molecule has 0 bridgehead atoms. The van der Waals surface area contributed by atoms with Gasteiger partial charge in [0.25, 0.3) is 0 Å². The van der Waals surface area contributed by atoms with Gasteiger partial charge >= 0.3 is 5.97 Å².